The van der Waals surface area contributed by atoms with E-state index < -0.39 is 0 Å². The zero-order valence-electron chi connectivity index (χ0n) is 14.6. The van der Waals surface area contributed by atoms with Gasteiger partial charge in [-0.3, -0.25) is 18.9 Å². The Morgan fingerprint density at radius 1 is 1.04 bits per heavy atom. The first-order valence-electron chi connectivity index (χ1n) is 8.83. The second-order valence-electron chi connectivity index (χ2n) is 6.40. The molecular formula is C19H19N5O3. The Morgan fingerprint density at radius 2 is 1.78 bits per heavy atom. The molecule has 3 heterocycles. The molecule has 0 saturated carbocycles. The summed E-state index contributed by atoms with van der Waals surface area (Å²) in [6.07, 6.45) is 4.81. The number of imidazole rings is 1. The van der Waals surface area contributed by atoms with Crippen LogP contribution >= 0.6 is 0 Å². The lowest BCUT2D eigenvalue weighted by Crippen LogP contribution is -2.31. The van der Waals surface area contributed by atoms with Crippen LogP contribution in [-0.4, -0.2) is 49.3 Å². The predicted molar refractivity (Wildman–Crippen MR) is 97.4 cm³/mol. The average molecular weight is 365 g/mol. The molecule has 8 heteroatoms. The van der Waals surface area contributed by atoms with Crippen LogP contribution in [0.4, 0.5) is 0 Å². The van der Waals surface area contributed by atoms with Gasteiger partial charge in [-0.25, -0.2) is 9.97 Å². The quantitative estimate of drug-likeness (QED) is 0.487. The minimum absolute atomic E-state index is 0.0906. The maximum atomic E-state index is 12.3. The number of imide groups is 1. The molecule has 0 bridgehead atoms. The maximum absolute atomic E-state index is 12.3. The molecule has 138 valence electrons. The number of hydrogen-bond donors (Lipinski definition) is 2. The third-order valence-corrected chi connectivity index (χ3v) is 4.58. The monoisotopic (exact) mass is 365 g/mol. The number of benzene rings is 1. The number of amides is 2. The van der Waals surface area contributed by atoms with Gasteiger partial charge in [-0.15, -0.1) is 0 Å². The number of nitrogens with one attached hydrogen (secondary N) is 1. The lowest BCUT2D eigenvalue weighted by Gasteiger charge is -2.13. The summed E-state index contributed by atoms with van der Waals surface area (Å²) >= 11 is 0. The molecule has 0 radical (unpaired) electrons. The molecule has 3 aromatic rings. The van der Waals surface area contributed by atoms with Crippen molar-refractivity contribution in [3.63, 3.8) is 0 Å². The molecular weight excluding hydrogens is 346 g/mol. The van der Waals surface area contributed by atoms with Gasteiger partial charge in [0.25, 0.3) is 17.8 Å². The fraction of sp³-hybridized carbons (Fsp3) is 0.263. The minimum Gasteiger partial charge on any atom is -0.480 e. The Hall–Kier alpha value is -3.26. The van der Waals surface area contributed by atoms with Crippen molar-refractivity contribution in [2.45, 2.75) is 19.4 Å². The van der Waals surface area contributed by atoms with E-state index in [0.717, 1.165) is 25.1 Å². The average Bonchev–Trinajstić information content (AvgIpc) is 3.20. The Balaban J connectivity index is 1.22. The highest BCUT2D eigenvalue weighted by atomic mass is 16.3. The van der Waals surface area contributed by atoms with Crippen LogP contribution in [0.15, 0.2) is 42.7 Å². The van der Waals surface area contributed by atoms with E-state index in [0.29, 0.717) is 29.9 Å². The summed E-state index contributed by atoms with van der Waals surface area (Å²) in [5.74, 6) is -0.414. The first-order valence-corrected chi connectivity index (χ1v) is 8.83. The van der Waals surface area contributed by atoms with Crippen LogP contribution in [0.2, 0.25) is 0 Å². The number of hydrogen-bond acceptors (Lipinski definition) is 6. The van der Waals surface area contributed by atoms with E-state index in [-0.39, 0.29) is 17.8 Å². The SMILES string of the molecule is O=C1c2ccccc2C(=O)N1CCCCNCc1cn2c(O)nccc2n1. The Labute approximate surface area is 155 Å². The number of rotatable bonds is 7. The van der Waals surface area contributed by atoms with Crippen LogP contribution in [0, 0.1) is 0 Å². The molecule has 8 nitrogen and oxygen atoms in total. The van der Waals surface area contributed by atoms with Crippen molar-refractivity contribution in [3.8, 4) is 6.01 Å². The van der Waals surface area contributed by atoms with E-state index in [1.807, 2.05) is 0 Å². The summed E-state index contributed by atoms with van der Waals surface area (Å²) < 4.78 is 1.53. The molecule has 0 unspecified atom stereocenters. The van der Waals surface area contributed by atoms with E-state index in [2.05, 4.69) is 15.3 Å². The minimum atomic E-state index is -0.207. The summed E-state index contributed by atoms with van der Waals surface area (Å²) in [6.45, 7) is 1.72. The number of unbranched alkanes of at least 4 members (excludes halogenated alkanes) is 1. The Kier molecular flexibility index (Phi) is 4.55. The largest absolute Gasteiger partial charge is 0.480 e. The molecule has 2 N–H and O–H groups in total. The molecule has 27 heavy (non-hydrogen) atoms. The zero-order chi connectivity index (χ0) is 18.8. The van der Waals surface area contributed by atoms with Crippen molar-refractivity contribution in [1.82, 2.24) is 24.6 Å². The number of nitrogens with zero attached hydrogens (tertiary/aromatic N) is 4. The van der Waals surface area contributed by atoms with E-state index in [4.69, 9.17) is 0 Å². The fourth-order valence-corrected chi connectivity index (χ4v) is 3.22. The highest BCUT2D eigenvalue weighted by Gasteiger charge is 2.34. The standard InChI is InChI=1S/C19H19N5O3/c25-17-14-5-1-2-6-15(14)18(26)23(17)10-4-3-8-20-11-13-12-24-16(22-13)7-9-21-19(24)27/h1-2,5-7,9,12,20H,3-4,8,10-11H2,(H,21,27). The Morgan fingerprint density at radius 3 is 2.48 bits per heavy atom. The van der Waals surface area contributed by atoms with E-state index >= 15 is 0 Å². The molecule has 2 amide bonds. The molecule has 0 aliphatic carbocycles. The van der Waals surface area contributed by atoms with Crippen molar-refractivity contribution < 1.29 is 14.7 Å². The lowest BCUT2D eigenvalue weighted by atomic mass is 10.1. The van der Waals surface area contributed by atoms with Gasteiger partial charge < -0.3 is 10.4 Å². The van der Waals surface area contributed by atoms with Crippen molar-refractivity contribution >= 4 is 17.5 Å². The third kappa shape index (κ3) is 3.26. The number of carbonyl (C=O) groups is 2. The van der Waals surface area contributed by atoms with Crippen LogP contribution in [0.5, 0.6) is 6.01 Å². The first kappa shape index (κ1) is 17.2. The second-order valence-corrected chi connectivity index (χ2v) is 6.40. The second kappa shape index (κ2) is 7.16. The lowest BCUT2D eigenvalue weighted by molar-refractivity contribution is 0.0651. The van der Waals surface area contributed by atoms with E-state index in [1.165, 1.54) is 15.5 Å². The van der Waals surface area contributed by atoms with Crippen LogP contribution in [0.25, 0.3) is 5.65 Å². The molecule has 0 spiro atoms. The number of fused-ring (bicyclic) bond motifs is 2. The van der Waals surface area contributed by atoms with E-state index in [1.54, 1.807) is 36.5 Å². The highest BCUT2D eigenvalue weighted by molar-refractivity contribution is 6.21. The molecule has 4 rings (SSSR count). The summed E-state index contributed by atoms with van der Waals surface area (Å²) in [7, 11) is 0. The summed E-state index contributed by atoms with van der Waals surface area (Å²) in [5.41, 5.74) is 2.43. The third-order valence-electron chi connectivity index (χ3n) is 4.58. The van der Waals surface area contributed by atoms with Gasteiger partial charge in [-0.05, 0) is 37.6 Å². The van der Waals surface area contributed by atoms with Gasteiger partial charge in [0, 0.05) is 25.5 Å². The molecule has 0 saturated heterocycles. The van der Waals surface area contributed by atoms with Gasteiger partial charge in [0.2, 0.25) is 0 Å². The zero-order valence-corrected chi connectivity index (χ0v) is 14.6. The number of aromatic nitrogens is 3. The molecule has 0 atom stereocenters. The first-order chi connectivity index (χ1) is 13.1. The van der Waals surface area contributed by atoms with Crippen molar-refractivity contribution in [3.05, 3.63) is 59.5 Å². The summed E-state index contributed by atoms with van der Waals surface area (Å²) in [5, 5.41) is 13.0. The molecule has 1 aromatic carbocycles. The maximum Gasteiger partial charge on any atom is 0.299 e. The van der Waals surface area contributed by atoms with Crippen molar-refractivity contribution in [2.24, 2.45) is 0 Å². The van der Waals surface area contributed by atoms with Gasteiger partial charge in [0.15, 0.2) is 0 Å². The predicted octanol–water partition coefficient (Wildman–Crippen LogP) is 1.60. The fourth-order valence-electron chi connectivity index (χ4n) is 3.22. The number of aromatic hydroxyl groups is 1. The summed E-state index contributed by atoms with van der Waals surface area (Å²) in [4.78, 5) is 34.1. The van der Waals surface area contributed by atoms with Crippen LogP contribution in [0.3, 0.4) is 0 Å². The van der Waals surface area contributed by atoms with Crippen molar-refractivity contribution in [2.75, 3.05) is 13.1 Å². The molecule has 0 fully saturated rings. The van der Waals surface area contributed by atoms with Crippen LogP contribution in [-0.2, 0) is 6.54 Å². The van der Waals surface area contributed by atoms with Crippen LogP contribution < -0.4 is 5.32 Å². The Bertz CT molecular complexity index is 979. The van der Waals surface area contributed by atoms with Gasteiger partial charge in [0.05, 0.1) is 16.8 Å². The van der Waals surface area contributed by atoms with Gasteiger partial charge in [-0.2, -0.15) is 0 Å². The topological polar surface area (TPSA) is 99.8 Å². The summed E-state index contributed by atoms with van der Waals surface area (Å²) in [6, 6.07) is 8.57. The van der Waals surface area contributed by atoms with Crippen LogP contribution in [0.1, 0.15) is 39.3 Å². The highest BCUT2D eigenvalue weighted by Crippen LogP contribution is 2.22. The van der Waals surface area contributed by atoms with Gasteiger partial charge >= 0.3 is 0 Å². The molecule has 1 aliphatic rings. The number of carbonyl (C=O) groups excluding carboxylic acids is 2. The van der Waals surface area contributed by atoms with E-state index in [9.17, 15) is 14.7 Å². The smallest absolute Gasteiger partial charge is 0.299 e. The normalized spacial score (nSPS) is 13.6. The van der Waals surface area contributed by atoms with Gasteiger partial charge in [-0.1, -0.05) is 12.1 Å². The molecule has 1 aliphatic heterocycles. The van der Waals surface area contributed by atoms with Crippen molar-refractivity contribution in [1.29, 1.82) is 0 Å². The molecule has 2 aromatic heterocycles. The van der Waals surface area contributed by atoms with Gasteiger partial charge in [0.1, 0.15) is 5.65 Å².